The number of benzene rings is 1. The number of aliphatic hydroxyl groups excluding tert-OH is 1. The van der Waals surface area contributed by atoms with Crippen LogP contribution in [0.25, 0.3) is 17.0 Å². The minimum absolute atomic E-state index is 0.0200. The van der Waals surface area contributed by atoms with Crippen LogP contribution in [0.15, 0.2) is 54.1 Å². The summed E-state index contributed by atoms with van der Waals surface area (Å²) in [6, 6.07) is 11.9. The van der Waals surface area contributed by atoms with Crippen molar-refractivity contribution in [2.24, 2.45) is 0 Å². The number of carbonyl (C=O) groups is 1. The molecule has 1 N–H and O–H groups in total. The Morgan fingerprint density at radius 1 is 1.17 bits per heavy atom. The number of hydrogen-bond donors (Lipinski definition) is 1. The minimum atomic E-state index is -0.437. The van der Waals surface area contributed by atoms with E-state index in [4.69, 9.17) is 0 Å². The van der Waals surface area contributed by atoms with Crippen molar-refractivity contribution >= 4 is 34.1 Å². The summed E-state index contributed by atoms with van der Waals surface area (Å²) < 4.78 is 2.10. The van der Waals surface area contributed by atoms with Gasteiger partial charge in [0, 0.05) is 35.8 Å². The number of thiophene rings is 1. The molecule has 0 aliphatic rings. The van der Waals surface area contributed by atoms with E-state index in [0.717, 1.165) is 47.3 Å². The lowest BCUT2D eigenvalue weighted by Crippen LogP contribution is -2.35. The lowest BCUT2D eigenvalue weighted by atomic mass is 10.1. The second-order valence-corrected chi connectivity index (χ2v) is 8.33. The molecule has 1 aromatic carbocycles. The Bertz CT molecular complexity index is 937. The van der Waals surface area contributed by atoms with E-state index in [0.29, 0.717) is 13.1 Å². The van der Waals surface area contributed by atoms with Gasteiger partial charge in [0.2, 0.25) is 0 Å². The lowest BCUT2D eigenvalue weighted by molar-refractivity contribution is 0.0988. The first-order chi connectivity index (χ1) is 14.1. The van der Waals surface area contributed by atoms with Crippen molar-refractivity contribution in [1.29, 1.82) is 0 Å². The molecule has 0 saturated heterocycles. The summed E-state index contributed by atoms with van der Waals surface area (Å²) in [7, 11) is 0. The standard InChI is InChI=1S/C24H30N2O2S/c1-3-13-25(14-4-2)17-20(27)18-26-16-19(21-8-5-6-9-22(21)26)11-12-23(28)24-10-7-15-29-24/h5-12,15-16,20,27H,3-4,13-14,17-18H2,1-2H3/b12-11-/t20-/m1/s1. The topological polar surface area (TPSA) is 45.5 Å². The van der Waals surface area contributed by atoms with Crippen molar-refractivity contribution < 1.29 is 9.90 Å². The molecule has 4 nitrogen and oxygen atoms in total. The van der Waals surface area contributed by atoms with Gasteiger partial charge < -0.3 is 14.6 Å². The Morgan fingerprint density at radius 3 is 2.62 bits per heavy atom. The molecule has 0 amide bonds. The van der Waals surface area contributed by atoms with Gasteiger partial charge in [-0.15, -0.1) is 11.3 Å². The number of ketones is 1. The van der Waals surface area contributed by atoms with Crippen molar-refractivity contribution in [1.82, 2.24) is 9.47 Å². The zero-order chi connectivity index (χ0) is 20.6. The summed E-state index contributed by atoms with van der Waals surface area (Å²) in [5, 5.41) is 13.7. The maximum atomic E-state index is 12.3. The van der Waals surface area contributed by atoms with Crippen LogP contribution in [0.4, 0.5) is 0 Å². The highest BCUT2D eigenvalue weighted by molar-refractivity contribution is 7.12. The molecule has 0 fully saturated rings. The first-order valence-electron chi connectivity index (χ1n) is 10.4. The normalized spacial score (nSPS) is 13.0. The van der Waals surface area contributed by atoms with Crippen LogP contribution in [0.3, 0.4) is 0 Å². The summed E-state index contributed by atoms with van der Waals surface area (Å²) in [5.41, 5.74) is 2.07. The molecule has 2 aromatic heterocycles. The van der Waals surface area contributed by atoms with E-state index in [2.05, 4.69) is 35.4 Å². The van der Waals surface area contributed by atoms with Crippen LogP contribution in [0.2, 0.25) is 0 Å². The molecular weight excluding hydrogens is 380 g/mol. The fraction of sp³-hybridized carbons (Fsp3) is 0.375. The van der Waals surface area contributed by atoms with Gasteiger partial charge in [-0.05, 0) is 55.6 Å². The third-order valence-electron chi connectivity index (χ3n) is 4.95. The maximum absolute atomic E-state index is 12.3. The van der Waals surface area contributed by atoms with Gasteiger partial charge in [-0.25, -0.2) is 0 Å². The Hall–Kier alpha value is -2.21. The van der Waals surface area contributed by atoms with Gasteiger partial charge >= 0.3 is 0 Å². The van der Waals surface area contributed by atoms with E-state index in [1.165, 1.54) is 11.3 Å². The largest absolute Gasteiger partial charge is 0.390 e. The Kier molecular flexibility index (Phi) is 7.81. The predicted molar refractivity (Wildman–Crippen MR) is 123 cm³/mol. The quantitative estimate of drug-likeness (QED) is 0.354. The highest BCUT2D eigenvalue weighted by Crippen LogP contribution is 2.23. The molecule has 3 rings (SSSR count). The van der Waals surface area contributed by atoms with Crippen LogP contribution in [0.5, 0.6) is 0 Å². The van der Waals surface area contributed by atoms with Crippen LogP contribution >= 0.6 is 11.3 Å². The van der Waals surface area contributed by atoms with E-state index < -0.39 is 6.10 Å². The van der Waals surface area contributed by atoms with Gasteiger partial charge in [-0.3, -0.25) is 4.79 Å². The molecule has 0 saturated carbocycles. The van der Waals surface area contributed by atoms with Crippen LogP contribution in [0.1, 0.15) is 41.9 Å². The summed E-state index contributed by atoms with van der Waals surface area (Å²) in [4.78, 5) is 15.4. The zero-order valence-corrected chi connectivity index (χ0v) is 18.1. The number of rotatable bonds is 11. The Balaban J connectivity index is 1.77. The van der Waals surface area contributed by atoms with Crippen LogP contribution in [-0.2, 0) is 6.54 Å². The zero-order valence-electron chi connectivity index (χ0n) is 17.3. The molecule has 1 atom stereocenters. The SMILES string of the molecule is CCCN(CCC)C[C@@H](O)Cn1cc(/C=C\C(=O)c2cccs2)c2ccccc21. The van der Waals surface area contributed by atoms with Gasteiger partial charge in [0.1, 0.15) is 0 Å². The van der Waals surface area contributed by atoms with Crippen molar-refractivity contribution in [2.45, 2.75) is 39.3 Å². The number of allylic oxidation sites excluding steroid dienone is 1. The van der Waals surface area contributed by atoms with Gasteiger partial charge in [0.15, 0.2) is 5.78 Å². The number of nitrogens with zero attached hydrogens (tertiary/aromatic N) is 2. The van der Waals surface area contributed by atoms with E-state index in [1.54, 1.807) is 6.08 Å². The highest BCUT2D eigenvalue weighted by atomic mass is 32.1. The third-order valence-corrected chi connectivity index (χ3v) is 5.84. The number of aliphatic hydroxyl groups is 1. The van der Waals surface area contributed by atoms with E-state index in [-0.39, 0.29) is 5.78 Å². The fourth-order valence-corrected chi connectivity index (χ4v) is 4.38. The molecule has 2 heterocycles. The van der Waals surface area contributed by atoms with E-state index >= 15 is 0 Å². The molecule has 3 aromatic rings. The number of fused-ring (bicyclic) bond motifs is 1. The second-order valence-electron chi connectivity index (χ2n) is 7.38. The number of hydrogen-bond acceptors (Lipinski definition) is 4. The van der Waals surface area contributed by atoms with Crippen molar-refractivity contribution in [3.05, 3.63) is 64.5 Å². The molecule has 0 bridgehead atoms. The molecule has 29 heavy (non-hydrogen) atoms. The summed E-state index contributed by atoms with van der Waals surface area (Å²) in [6.07, 6.45) is 7.30. The average Bonchev–Trinajstić information content (AvgIpc) is 3.36. The maximum Gasteiger partial charge on any atom is 0.195 e. The average molecular weight is 411 g/mol. The number of carbonyl (C=O) groups excluding carboxylic acids is 1. The van der Waals surface area contributed by atoms with Gasteiger partial charge in [-0.2, -0.15) is 0 Å². The van der Waals surface area contributed by atoms with Gasteiger partial charge in [0.25, 0.3) is 0 Å². The molecule has 154 valence electrons. The minimum Gasteiger partial charge on any atom is -0.390 e. The Morgan fingerprint density at radius 2 is 1.93 bits per heavy atom. The predicted octanol–water partition coefficient (Wildman–Crippen LogP) is 5.08. The first kappa shape index (κ1) is 21.5. The van der Waals surface area contributed by atoms with Crippen molar-refractivity contribution in [2.75, 3.05) is 19.6 Å². The van der Waals surface area contributed by atoms with Crippen LogP contribution in [-0.4, -0.2) is 46.1 Å². The van der Waals surface area contributed by atoms with Crippen molar-refractivity contribution in [3.63, 3.8) is 0 Å². The third kappa shape index (κ3) is 5.66. The van der Waals surface area contributed by atoms with Crippen molar-refractivity contribution in [3.8, 4) is 0 Å². The summed E-state index contributed by atoms with van der Waals surface area (Å²) >= 11 is 1.45. The molecular formula is C24H30N2O2S. The smallest absolute Gasteiger partial charge is 0.195 e. The molecule has 0 unspecified atom stereocenters. The lowest BCUT2D eigenvalue weighted by Gasteiger charge is -2.24. The summed E-state index contributed by atoms with van der Waals surface area (Å²) in [5.74, 6) is 0.0200. The first-order valence-corrected chi connectivity index (χ1v) is 11.2. The second kappa shape index (κ2) is 10.5. The van der Waals surface area contributed by atoms with Gasteiger partial charge in [-0.1, -0.05) is 38.1 Å². The van der Waals surface area contributed by atoms with E-state index in [9.17, 15) is 9.90 Å². The highest BCUT2D eigenvalue weighted by Gasteiger charge is 2.14. The molecule has 0 spiro atoms. The van der Waals surface area contributed by atoms with Gasteiger partial charge in [0.05, 0.1) is 11.0 Å². The van der Waals surface area contributed by atoms with E-state index in [1.807, 2.05) is 41.9 Å². The molecule has 0 radical (unpaired) electrons. The number of aromatic nitrogens is 1. The monoisotopic (exact) mass is 410 g/mol. The van der Waals surface area contributed by atoms with Crippen LogP contribution in [0, 0.1) is 0 Å². The Labute approximate surface area is 177 Å². The molecule has 0 aliphatic heterocycles. The fourth-order valence-electron chi connectivity index (χ4n) is 3.74. The van der Waals surface area contributed by atoms with Crippen LogP contribution < -0.4 is 0 Å². The molecule has 0 aliphatic carbocycles. The summed E-state index contributed by atoms with van der Waals surface area (Å²) in [6.45, 7) is 7.58. The number of para-hydroxylation sites is 1. The molecule has 5 heteroatoms.